The molecule has 1 aromatic heterocycles. The topological polar surface area (TPSA) is 86.8 Å². The molecule has 1 fully saturated rings. The normalized spacial score (nSPS) is 15.6. The summed E-state index contributed by atoms with van der Waals surface area (Å²) in [6.07, 6.45) is -0.162. The quantitative estimate of drug-likeness (QED) is 0.561. The Morgan fingerprint density at radius 3 is 2.39 bits per heavy atom. The molecule has 1 aliphatic rings. The first-order valence-electron chi connectivity index (χ1n) is 10.2. The molecular formula is C24H20FN3O4S. The molecule has 33 heavy (non-hydrogen) atoms. The van der Waals surface area contributed by atoms with Crippen molar-refractivity contribution >= 4 is 46.3 Å². The third-order valence-electron chi connectivity index (χ3n) is 5.20. The number of carbonyl (C=O) groups is 4. The Kier molecular flexibility index (Phi) is 6.32. The van der Waals surface area contributed by atoms with Crippen molar-refractivity contribution in [3.63, 3.8) is 0 Å². The minimum atomic E-state index is -0.993. The lowest BCUT2D eigenvalue weighted by atomic mass is 10.1. The molecule has 4 amide bonds. The van der Waals surface area contributed by atoms with E-state index >= 15 is 0 Å². The maximum atomic E-state index is 13.3. The summed E-state index contributed by atoms with van der Waals surface area (Å²) >= 11 is 1.24. The number of imide groups is 1. The van der Waals surface area contributed by atoms with Gasteiger partial charge < -0.3 is 10.2 Å². The predicted molar refractivity (Wildman–Crippen MR) is 122 cm³/mol. The maximum absolute atomic E-state index is 13.3. The van der Waals surface area contributed by atoms with Crippen molar-refractivity contribution in [1.82, 2.24) is 4.90 Å². The predicted octanol–water partition coefficient (Wildman–Crippen LogP) is 3.82. The first kappa shape index (κ1) is 22.3. The molecule has 2 aromatic carbocycles. The van der Waals surface area contributed by atoms with Crippen LogP contribution in [0.3, 0.4) is 0 Å². The Morgan fingerprint density at radius 2 is 1.79 bits per heavy atom. The largest absolute Gasteiger partial charge is 0.326 e. The molecule has 168 valence electrons. The Balaban J connectivity index is 1.62. The minimum absolute atomic E-state index is 0.0516. The number of carbonyl (C=O) groups excluding carboxylic acids is 4. The lowest BCUT2D eigenvalue weighted by Crippen LogP contribution is -2.44. The van der Waals surface area contributed by atoms with E-state index in [1.54, 1.807) is 53.9 Å². The zero-order valence-electron chi connectivity index (χ0n) is 17.7. The van der Waals surface area contributed by atoms with Crippen LogP contribution in [0.25, 0.3) is 0 Å². The van der Waals surface area contributed by atoms with E-state index < -0.39 is 23.7 Å². The van der Waals surface area contributed by atoms with E-state index in [1.165, 1.54) is 35.3 Å². The summed E-state index contributed by atoms with van der Waals surface area (Å²) in [7, 11) is 0. The van der Waals surface area contributed by atoms with Crippen LogP contribution in [0.5, 0.6) is 0 Å². The fourth-order valence-corrected chi connectivity index (χ4v) is 4.36. The van der Waals surface area contributed by atoms with Gasteiger partial charge in [-0.3, -0.25) is 19.2 Å². The van der Waals surface area contributed by atoms with Crippen LogP contribution >= 0.6 is 11.3 Å². The molecule has 7 nitrogen and oxygen atoms in total. The van der Waals surface area contributed by atoms with Crippen molar-refractivity contribution < 1.29 is 23.6 Å². The SMILES string of the molecule is CC(=O)Nc1ccc(N2C(=O)CC(N(Cc3ccc(F)cc3)C(=O)c3cccs3)C2=O)cc1. The van der Waals surface area contributed by atoms with Gasteiger partial charge in [0.05, 0.1) is 17.0 Å². The Hall–Kier alpha value is -3.85. The number of nitrogens with one attached hydrogen (secondary N) is 1. The summed E-state index contributed by atoms with van der Waals surface area (Å²) in [5, 5.41) is 4.39. The zero-order chi connectivity index (χ0) is 23.5. The van der Waals surface area contributed by atoms with Crippen LogP contribution < -0.4 is 10.2 Å². The average molecular weight is 466 g/mol. The highest BCUT2D eigenvalue weighted by molar-refractivity contribution is 7.12. The van der Waals surface area contributed by atoms with Gasteiger partial charge in [-0.05, 0) is 53.4 Å². The van der Waals surface area contributed by atoms with Gasteiger partial charge in [-0.1, -0.05) is 18.2 Å². The molecule has 3 aromatic rings. The van der Waals surface area contributed by atoms with Gasteiger partial charge in [0.15, 0.2) is 0 Å². The van der Waals surface area contributed by atoms with Crippen LogP contribution in [0, 0.1) is 5.82 Å². The van der Waals surface area contributed by atoms with Crippen molar-refractivity contribution in [3.05, 3.63) is 82.3 Å². The van der Waals surface area contributed by atoms with Gasteiger partial charge in [0, 0.05) is 19.2 Å². The van der Waals surface area contributed by atoms with Gasteiger partial charge >= 0.3 is 0 Å². The van der Waals surface area contributed by atoms with Gasteiger partial charge in [-0.25, -0.2) is 9.29 Å². The van der Waals surface area contributed by atoms with Gasteiger partial charge in [-0.15, -0.1) is 11.3 Å². The van der Waals surface area contributed by atoms with Gasteiger partial charge in [0.2, 0.25) is 11.8 Å². The van der Waals surface area contributed by atoms with Crippen molar-refractivity contribution in [2.45, 2.75) is 25.9 Å². The van der Waals surface area contributed by atoms with E-state index in [9.17, 15) is 23.6 Å². The van der Waals surface area contributed by atoms with E-state index in [4.69, 9.17) is 0 Å². The van der Waals surface area contributed by atoms with Crippen LogP contribution in [-0.4, -0.2) is 34.6 Å². The second-order valence-corrected chi connectivity index (χ2v) is 8.50. The summed E-state index contributed by atoms with van der Waals surface area (Å²) < 4.78 is 13.3. The van der Waals surface area contributed by atoms with Gasteiger partial charge in [-0.2, -0.15) is 0 Å². The zero-order valence-corrected chi connectivity index (χ0v) is 18.5. The lowest BCUT2D eigenvalue weighted by molar-refractivity contribution is -0.122. The second-order valence-electron chi connectivity index (χ2n) is 7.55. The van der Waals surface area contributed by atoms with Crippen LogP contribution in [0.4, 0.5) is 15.8 Å². The van der Waals surface area contributed by atoms with Crippen LogP contribution in [0.1, 0.15) is 28.6 Å². The van der Waals surface area contributed by atoms with Gasteiger partial charge in [0.25, 0.3) is 11.8 Å². The number of hydrogen-bond acceptors (Lipinski definition) is 5. The van der Waals surface area contributed by atoms with Crippen molar-refractivity contribution in [3.8, 4) is 0 Å². The molecular weight excluding hydrogens is 445 g/mol. The van der Waals surface area contributed by atoms with E-state index in [2.05, 4.69) is 5.32 Å². The summed E-state index contributed by atoms with van der Waals surface area (Å²) in [4.78, 5) is 53.5. The highest BCUT2D eigenvalue weighted by atomic mass is 32.1. The number of anilines is 2. The first-order chi connectivity index (χ1) is 15.8. The van der Waals surface area contributed by atoms with Gasteiger partial charge in [0.1, 0.15) is 11.9 Å². The standard InChI is InChI=1S/C24H20FN3O4S/c1-15(29)26-18-8-10-19(11-9-18)28-22(30)13-20(23(28)31)27(24(32)21-3-2-12-33-21)14-16-4-6-17(25)7-5-16/h2-12,20H,13-14H2,1H3,(H,26,29). The minimum Gasteiger partial charge on any atom is -0.326 e. The molecule has 1 atom stereocenters. The fraction of sp³-hybridized carbons (Fsp3) is 0.167. The summed E-state index contributed by atoms with van der Waals surface area (Å²) in [6.45, 7) is 1.43. The molecule has 1 N–H and O–H groups in total. The van der Waals surface area contributed by atoms with E-state index in [0.29, 0.717) is 21.8 Å². The Morgan fingerprint density at radius 1 is 1.09 bits per heavy atom. The molecule has 1 unspecified atom stereocenters. The van der Waals surface area contributed by atoms with E-state index in [-0.39, 0.29) is 24.8 Å². The highest BCUT2D eigenvalue weighted by Gasteiger charge is 2.44. The van der Waals surface area contributed by atoms with E-state index in [0.717, 1.165) is 4.90 Å². The smallest absolute Gasteiger partial charge is 0.264 e. The maximum Gasteiger partial charge on any atom is 0.264 e. The average Bonchev–Trinajstić information content (AvgIpc) is 3.42. The molecule has 0 bridgehead atoms. The third kappa shape index (κ3) is 4.83. The van der Waals surface area contributed by atoms with Crippen LogP contribution in [-0.2, 0) is 20.9 Å². The summed E-state index contributed by atoms with van der Waals surface area (Å²) in [5.74, 6) is -1.96. The molecule has 2 heterocycles. The molecule has 1 saturated heterocycles. The monoisotopic (exact) mass is 465 g/mol. The van der Waals surface area contributed by atoms with Crippen molar-refractivity contribution in [2.24, 2.45) is 0 Å². The number of amides is 4. The van der Waals surface area contributed by atoms with Crippen molar-refractivity contribution in [1.29, 1.82) is 0 Å². The molecule has 0 saturated carbocycles. The molecule has 0 spiro atoms. The highest BCUT2D eigenvalue weighted by Crippen LogP contribution is 2.29. The second kappa shape index (κ2) is 9.33. The summed E-state index contributed by atoms with van der Waals surface area (Å²) in [6, 6.07) is 14.4. The fourth-order valence-electron chi connectivity index (χ4n) is 3.68. The molecule has 4 rings (SSSR count). The number of thiophene rings is 1. The Labute approximate surface area is 193 Å². The Bertz CT molecular complexity index is 1190. The lowest BCUT2D eigenvalue weighted by Gasteiger charge is -2.27. The van der Waals surface area contributed by atoms with Crippen molar-refractivity contribution in [2.75, 3.05) is 10.2 Å². The number of halogens is 1. The van der Waals surface area contributed by atoms with Crippen LogP contribution in [0.15, 0.2) is 66.0 Å². The molecule has 0 aliphatic carbocycles. The molecule has 1 aliphatic heterocycles. The van der Waals surface area contributed by atoms with E-state index in [1.807, 2.05) is 0 Å². The number of nitrogens with zero attached hydrogens (tertiary/aromatic N) is 2. The van der Waals surface area contributed by atoms with Crippen LogP contribution in [0.2, 0.25) is 0 Å². The first-order valence-corrected chi connectivity index (χ1v) is 11.0. The molecule has 0 radical (unpaired) electrons. The molecule has 9 heteroatoms. The number of hydrogen-bond donors (Lipinski definition) is 1. The number of rotatable bonds is 6. The summed E-state index contributed by atoms with van der Waals surface area (Å²) in [5.41, 5.74) is 1.53. The third-order valence-corrected chi connectivity index (χ3v) is 6.06. The number of benzene rings is 2.